The standard InChI is InChI=1S/C38H40N4O6S/c1-5-47-31-21-26(11-16-30(31)48-23-33(43)41-17-19-46-20-18-41)22-32-37(45)42-35(28-14-12-27(13-15-28)24(2)3)34(25(4)39-38(42)49-32)36(44)40-29-9-7-6-8-10-29/h6-16,21-22,24,35H,5,17-20,23H2,1-4H3,(H,40,44)/b32-22+/t35-/m1/s1. The van der Waals surface area contributed by atoms with Crippen molar-refractivity contribution >= 4 is 34.9 Å². The number of benzene rings is 3. The van der Waals surface area contributed by atoms with Gasteiger partial charge in [0.25, 0.3) is 17.4 Å². The monoisotopic (exact) mass is 680 g/mol. The molecule has 2 amide bonds. The number of thiazole rings is 1. The van der Waals surface area contributed by atoms with Crippen molar-refractivity contribution in [2.75, 3.05) is 44.8 Å². The zero-order chi connectivity index (χ0) is 34.5. The summed E-state index contributed by atoms with van der Waals surface area (Å²) in [7, 11) is 0. The van der Waals surface area contributed by atoms with Crippen molar-refractivity contribution in [2.45, 2.75) is 39.7 Å². The van der Waals surface area contributed by atoms with Crippen molar-refractivity contribution in [1.82, 2.24) is 9.47 Å². The minimum Gasteiger partial charge on any atom is -0.490 e. The van der Waals surface area contributed by atoms with E-state index in [1.54, 1.807) is 27.7 Å². The Morgan fingerprint density at radius 2 is 1.76 bits per heavy atom. The summed E-state index contributed by atoms with van der Waals surface area (Å²) in [6, 6.07) is 22.0. The fourth-order valence-corrected chi connectivity index (χ4v) is 6.95. The number of hydrogen-bond acceptors (Lipinski definition) is 8. The number of ether oxygens (including phenoxy) is 3. The van der Waals surface area contributed by atoms with Crippen molar-refractivity contribution in [2.24, 2.45) is 4.99 Å². The highest BCUT2D eigenvalue weighted by Crippen LogP contribution is 2.32. The number of rotatable bonds is 10. The SMILES string of the molecule is CCOc1cc(/C=c2/sc3n(c2=O)[C@H](c2ccc(C(C)C)cc2)C(C(=O)Nc2ccccc2)=C(C)N=3)ccc1OCC(=O)N1CCOCC1. The lowest BCUT2D eigenvalue weighted by Crippen LogP contribution is -2.43. The van der Waals surface area contributed by atoms with Crippen LogP contribution in [0.1, 0.15) is 56.3 Å². The van der Waals surface area contributed by atoms with Gasteiger partial charge in [0, 0.05) is 18.8 Å². The summed E-state index contributed by atoms with van der Waals surface area (Å²) in [6.45, 7) is 10.3. The lowest BCUT2D eigenvalue weighted by atomic mass is 9.93. The molecule has 0 unspecified atom stereocenters. The molecule has 0 bridgehead atoms. The molecule has 0 spiro atoms. The van der Waals surface area contributed by atoms with Crippen LogP contribution in [0.25, 0.3) is 6.08 Å². The molecule has 1 aromatic heterocycles. The van der Waals surface area contributed by atoms with Gasteiger partial charge in [0.05, 0.1) is 41.7 Å². The van der Waals surface area contributed by atoms with Crippen LogP contribution in [-0.2, 0) is 14.3 Å². The topological polar surface area (TPSA) is 111 Å². The van der Waals surface area contributed by atoms with Gasteiger partial charge < -0.3 is 24.4 Å². The number of carbonyl (C=O) groups is 2. The number of nitrogens with zero attached hydrogens (tertiary/aromatic N) is 3. The van der Waals surface area contributed by atoms with Gasteiger partial charge in [-0.05, 0) is 66.8 Å². The van der Waals surface area contributed by atoms with E-state index in [2.05, 4.69) is 19.2 Å². The zero-order valence-electron chi connectivity index (χ0n) is 28.1. The van der Waals surface area contributed by atoms with Crippen LogP contribution < -0.4 is 29.7 Å². The molecule has 3 aromatic carbocycles. The second-order valence-corrected chi connectivity index (χ2v) is 13.2. The molecule has 1 N–H and O–H groups in total. The van der Waals surface area contributed by atoms with Crippen LogP contribution in [-0.4, -0.2) is 60.8 Å². The highest BCUT2D eigenvalue weighted by atomic mass is 32.1. The number of morpholine rings is 1. The molecular formula is C38H40N4O6S. The van der Waals surface area contributed by atoms with Gasteiger partial charge in [-0.25, -0.2) is 4.99 Å². The van der Waals surface area contributed by atoms with Crippen LogP contribution in [0.5, 0.6) is 11.5 Å². The van der Waals surface area contributed by atoms with E-state index in [9.17, 15) is 14.4 Å². The average molecular weight is 681 g/mol. The summed E-state index contributed by atoms with van der Waals surface area (Å²) in [6.07, 6.45) is 1.79. The first-order valence-corrected chi connectivity index (χ1v) is 17.3. The zero-order valence-corrected chi connectivity index (χ0v) is 28.9. The van der Waals surface area contributed by atoms with Gasteiger partial charge in [-0.2, -0.15) is 0 Å². The maximum Gasteiger partial charge on any atom is 0.271 e. The molecule has 254 valence electrons. The van der Waals surface area contributed by atoms with Crippen molar-refractivity contribution in [1.29, 1.82) is 0 Å². The fourth-order valence-electron chi connectivity index (χ4n) is 5.91. The number of amides is 2. The highest BCUT2D eigenvalue weighted by Gasteiger charge is 2.32. The molecule has 0 aliphatic carbocycles. The van der Waals surface area contributed by atoms with Crippen LogP contribution in [0.4, 0.5) is 5.69 Å². The van der Waals surface area contributed by atoms with Crippen LogP contribution in [0.3, 0.4) is 0 Å². The molecule has 10 nitrogen and oxygen atoms in total. The number of hydrogen-bond donors (Lipinski definition) is 1. The molecule has 11 heteroatoms. The van der Waals surface area contributed by atoms with Crippen LogP contribution >= 0.6 is 11.3 Å². The predicted molar refractivity (Wildman–Crippen MR) is 190 cm³/mol. The van der Waals surface area contributed by atoms with Crippen molar-refractivity contribution in [3.05, 3.63) is 120 Å². The van der Waals surface area contributed by atoms with E-state index in [0.29, 0.717) is 76.6 Å². The van der Waals surface area contributed by atoms with Gasteiger partial charge in [-0.15, -0.1) is 0 Å². The third kappa shape index (κ3) is 7.53. The van der Waals surface area contributed by atoms with E-state index < -0.39 is 6.04 Å². The molecule has 1 atom stereocenters. The van der Waals surface area contributed by atoms with Gasteiger partial charge in [0.15, 0.2) is 22.9 Å². The summed E-state index contributed by atoms with van der Waals surface area (Å²) < 4.78 is 19.2. The molecule has 4 aromatic rings. The Bertz CT molecular complexity index is 2040. The number of fused-ring (bicyclic) bond motifs is 1. The summed E-state index contributed by atoms with van der Waals surface area (Å²) in [4.78, 5) is 47.8. The summed E-state index contributed by atoms with van der Waals surface area (Å²) in [5, 5.41) is 3.00. The summed E-state index contributed by atoms with van der Waals surface area (Å²) >= 11 is 1.27. The normalized spacial score (nSPS) is 16.3. The van der Waals surface area contributed by atoms with Gasteiger partial charge in [-0.1, -0.05) is 73.7 Å². The largest absolute Gasteiger partial charge is 0.490 e. The third-order valence-electron chi connectivity index (χ3n) is 8.50. The van der Waals surface area contributed by atoms with Crippen molar-refractivity contribution < 1.29 is 23.8 Å². The maximum absolute atomic E-state index is 14.2. The van der Waals surface area contributed by atoms with Gasteiger partial charge >= 0.3 is 0 Å². The first kappa shape index (κ1) is 33.9. The van der Waals surface area contributed by atoms with Crippen molar-refractivity contribution in [3.63, 3.8) is 0 Å². The molecule has 3 heterocycles. The van der Waals surface area contributed by atoms with E-state index in [4.69, 9.17) is 19.2 Å². The van der Waals surface area contributed by atoms with E-state index in [-0.39, 0.29) is 24.0 Å². The Balaban J connectivity index is 1.36. The Kier molecular flexibility index (Phi) is 10.4. The van der Waals surface area contributed by atoms with Crippen LogP contribution in [0.2, 0.25) is 0 Å². The van der Waals surface area contributed by atoms with Gasteiger partial charge in [0.1, 0.15) is 0 Å². The molecule has 2 aliphatic rings. The first-order chi connectivity index (χ1) is 23.7. The lowest BCUT2D eigenvalue weighted by molar-refractivity contribution is -0.137. The molecule has 49 heavy (non-hydrogen) atoms. The minimum absolute atomic E-state index is 0.114. The highest BCUT2D eigenvalue weighted by molar-refractivity contribution is 7.07. The Hall–Kier alpha value is -5.00. The molecule has 1 saturated heterocycles. The Morgan fingerprint density at radius 1 is 1.02 bits per heavy atom. The van der Waals surface area contributed by atoms with Gasteiger partial charge in [0.2, 0.25) is 0 Å². The molecule has 1 fully saturated rings. The molecular weight excluding hydrogens is 641 g/mol. The number of aromatic nitrogens is 1. The molecule has 0 radical (unpaired) electrons. The van der Waals surface area contributed by atoms with Crippen molar-refractivity contribution in [3.8, 4) is 11.5 Å². The number of carbonyl (C=O) groups excluding carboxylic acids is 2. The Morgan fingerprint density at radius 3 is 2.45 bits per heavy atom. The fraction of sp³-hybridized carbons (Fsp3) is 0.316. The predicted octanol–water partition coefficient (Wildman–Crippen LogP) is 4.63. The summed E-state index contributed by atoms with van der Waals surface area (Å²) in [5.74, 6) is 0.812. The number of nitrogens with one attached hydrogen (secondary N) is 1. The summed E-state index contributed by atoms with van der Waals surface area (Å²) in [5.41, 5.74) is 4.05. The van der Waals surface area contributed by atoms with E-state index in [0.717, 1.165) is 16.7 Å². The quantitative estimate of drug-likeness (QED) is 0.262. The number of anilines is 1. The van der Waals surface area contributed by atoms with E-state index in [1.807, 2.05) is 74.5 Å². The molecule has 6 rings (SSSR count). The van der Waals surface area contributed by atoms with Crippen LogP contribution in [0, 0.1) is 0 Å². The van der Waals surface area contributed by atoms with E-state index in [1.165, 1.54) is 11.3 Å². The molecule has 2 aliphatic heterocycles. The number of allylic oxidation sites excluding steroid dienone is 1. The van der Waals surface area contributed by atoms with Gasteiger partial charge in [-0.3, -0.25) is 19.0 Å². The Labute approximate surface area is 289 Å². The minimum atomic E-state index is -0.679. The number of para-hydroxylation sites is 1. The smallest absolute Gasteiger partial charge is 0.271 e. The lowest BCUT2D eigenvalue weighted by Gasteiger charge is -2.26. The maximum atomic E-state index is 14.2. The molecule has 0 saturated carbocycles. The second kappa shape index (κ2) is 15.0. The van der Waals surface area contributed by atoms with Crippen LogP contribution in [0.15, 0.2) is 93.9 Å². The second-order valence-electron chi connectivity index (χ2n) is 12.1. The first-order valence-electron chi connectivity index (χ1n) is 16.5. The van der Waals surface area contributed by atoms with E-state index >= 15 is 0 Å². The average Bonchev–Trinajstić information content (AvgIpc) is 3.41. The third-order valence-corrected chi connectivity index (χ3v) is 9.48.